The molecule has 0 aromatic heterocycles. The highest BCUT2D eigenvalue weighted by Gasteiger charge is 2.18. The zero-order chi connectivity index (χ0) is 18.0. The van der Waals surface area contributed by atoms with Crippen LogP contribution >= 0.6 is 0 Å². The quantitative estimate of drug-likeness (QED) is 0.221. The van der Waals surface area contributed by atoms with Crippen LogP contribution in [0.3, 0.4) is 0 Å². The van der Waals surface area contributed by atoms with Gasteiger partial charge in [0.15, 0.2) is 6.29 Å². The first-order valence-electron chi connectivity index (χ1n) is 8.04. The number of aliphatic imine (C=N–C) groups is 2. The molecular formula is C18H35N5. The summed E-state index contributed by atoms with van der Waals surface area (Å²) < 4.78 is 0. The van der Waals surface area contributed by atoms with Gasteiger partial charge in [0.05, 0.1) is 6.34 Å². The molecule has 0 saturated carbocycles. The lowest BCUT2D eigenvalue weighted by molar-refractivity contribution is 0.0908. The summed E-state index contributed by atoms with van der Waals surface area (Å²) in [6.45, 7) is 17.1. The molecule has 0 aromatic carbocycles. The second-order valence-electron chi connectivity index (χ2n) is 7.22. The van der Waals surface area contributed by atoms with Gasteiger partial charge in [-0.25, -0.2) is 0 Å². The minimum Gasteiger partial charge on any atom is -0.307 e. The van der Waals surface area contributed by atoms with Gasteiger partial charge in [-0.3, -0.25) is 14.9 Å². The number of rotatable bonds is 10. The van der Waals surface area contributed by atoms with Crippen LogP contribution in [0.25, 0.3) is 0 Å². The van der Waals surface area contributed by atoms with Gasteiger partial charge in [-0.05, 0) is 38.1 Å². The van der Waals surface area contributed by atoms with Crippen LogP contribution in [0.2, 0.25) is 0 Å². The summed E-state index contributed by atoms with van der Waals surface area (Å²) in [5.74, 6) is 0.753. The second kappa shape index (κ2) is 10.3. The van der Waals surface area contributed by atoms with Gasteiger partial charge in [0.1, 0.15) is 0 Å². The Morgan fingerprint density at radius 2 is 1.78 bits per heavy atom. The molecule has 0 aliphatic carbocycles. The number of hydrazine groups is 1. The van der Waals surface area contributed by atoms with Crippen molar-refractivity contribution < 1.29 is 0 Å². The molecule has 0 aliphatic rings. The van der Waals surface area contributed by atoms with Gasteiger partial charge in [0, 0.05) is 13.6 Å². The molecule has 132 valence electrons. The maximum Gasteiger partial charge on any atom is 0.173 e. The van der Waals surface area contributed by atoms with Crippen molar-refractivity contribution in [2.75, 3.05) is 27.7 Å². The van der Waals surface area contributed by atoms with E-state index in [4.69, 9.17) is 0 Å². The van der Waals surface area contributed by atoms with Crippen LogP contribution in [0.1, 0.15) is 27.7 Å². The molecule has 0 heterocycles. The van der Waals surface area contributed by atoms with Crippen LogP contribution in [0.15, 0.2) is 34.8 Å². The first-order chi connectivity index (χ1) is 10.6. The van der Waals surface area contributed by atoms with E-state index in [0.717, 1.165) is 6.54 Å². The third-order valence-corrected chi connectivity index (χ3v) is 3.62. The third kappa shape index (κ3) is 8.67. The number of nitrogens with one attached hydrogen (secondary N) is 1. The summed E-state index contributed by atoms with van der Waals surface area (Å²) in [5, 5.41) is 1.85. The Kier molecular flexibility index (Phi) is 9.68. The molecule has 0 bridgehead atoms. The van der Waals surface area contributed by atoms with Crippen molar-refractivity contribution >= 4 is 13.1 Å². The molecule has 0 amide bonds. The molecule has 0 radical (unpaired) electrons. The summed E-state index contributed by atoms with van der Waals surface area (Å²) in [6.07, 6.45) is 8.04. The first kappa shape index (κ1) is 21.5. The lowest BCUT2D eigenvalue weighted by Gasteiger charge is -2.28. The molecule has 0 saturated heterocycles. The molecular weight excluding hydrogens is 286 g/mol. The Morgan fingerprint density at radius 3 is 2.22 bits per heavy atom. The van der Waals surface area contributed by atoms with Crippen LogP contribution in [0.4, 0.5) is 0 Å². The van der Waals surface area contributed by atoms with Crippen molar-refractivity contribution in [1.29, 1.82) is 0 Å². The SMILES string of the molecule is C=CC(/C=C\C(C)CN=CNN(C)C(N=C)N(C)C)C(C)(C)C. The Balaban J connectivity index is 4.36. The average molecular weight is 322 g/mol. The van der Waals surface area contributed by atoms with Crippen LogP contribution in [-0.2, 0) is 0 Å². The van der Waals surface area contributed by atoms with E-state index in [1.54, 1.807) is 6.34 Å². The molecule has 0 aromatic rings. The zero-order valence-electron chi connectivity index (χ0n) is 16.0. The maximum atomic E-state index is 4.42. The predicted octanol–water partition coefficient (Wildman–Crippen LogP) is 3.04. The fourth-order valence-electron chi connectivity index (χ4n) is 2.14. The highest BCUT2D eigenvalue weighted by atomic mass is 15.6. The van der Waals surface area contributed by atoms with Gasteiger partial charge < -0.3 is 5.43 Å². The summed E-state index contributed by atoms with van der Waals surface area (Å²) >= 11 is 0. The van der Waals surface area contributed by atoms with Crippen molar-refractivity contribution in [2.45, 2.75) is 34.0 Å². The Hall–Kier alpha value is -1.46. The lowest BCUT2D eigenvalue weighted by Crippen LogP contribution is -2.48. The van der Waals surface area contributed by atoms with Gasteiger partial charge in [-0.1, -0.05) is 45.9 Å². The molecule has 0 spiro atoms. The fourth-order valence-corrected chi connectivity index (χ4v) is 2.14. The molecule has 23 heavy (non-hydrogen) atoms. The molecule has 5 nitrogen and oxygen atoms in total. The highest BCUT2D eigenvalue weighted by molar-refractivity contribution is 5.53. The number of allylic oxidation sites excluding steroid dienone is 2. The minimum atomic E-state index is -0.126. The van der Waals surface area contributed by atoms with Crippen LogP contribution < -0.4 is 5.43 Å². The molecule has 0 fully saturated rings. The molecule has 3 unspecified atom stereocenters. The van der Waals surface area contributed by atoms with Gasteiger partial charge in [0.2, 0.25) is 0 Å². The van der Waals surface area contributed by atoms with Crippen LogP contribution in [0, 0.1) is 17.3 Å². The van der Waals surface area contributed by atoms with Gasteiger partial charge in [-0.15, -0.1) is 6.58 Å². The van der Waals surface area contributed by atoms with E-state index < -0.39 is 0 Å². The third-order valence-electron chi connectivity index (χ3n) is 3.62. The van der Waals surface area contributed by atoms with E-state index in [9.17, 15) is 0 Å². The van der Waals surface area contributed by atoms with Crippen LogP contribution in [-0.4, -0.2) is 56.9 Å². The highest BCUT2D eigenvalue weighted by Crippen LogP contribution is 2.28. The fraction of sp³-hybridized carbons (Fsp3) is 0.667. The molecule has 0 aliphatic heterocycles. The van der Waals surface area contributed by atoms with Gasteiger partial charge >= 0.3 is 0 Å². The molecule has 5 heteroatoms. The summed E-state index contributed by atoms with van der Waals surface area (Å²) in [4.78, 5) is 10.4. The summed E-state index contributed by atoms with van der Waals surface area (Å²) in [5.41, 5.74) is 3.30. The van der Waals surface area contributed by atoms with Crippen molar-refractivity contribution in [2.24, 2.45) is 27.2 Å². The number of nitrogens with zero attached hydrogens (tertiary/aromatic N) is 4. The van der Waals surface area contributed by atoms with E-state index in [1.807, 2.05) is 37.1 Å². The summed E-state index contributed by atoms with van der Waals surface area (Å²) in [7, 11) is 5.81. The molecule has 0 rings (SSSR count). The smallest absolute Gasteiger partial charge is 0.173 e. The Labute approximate surface area is 142 Å². The normalized spacial score (nSPS) is 16.9. The van der Waals surface area contributed by atoms with E-state index in [0.29, 0.717) is 11.8 Å². The largest absolute Gasteiger partial charge is 0.307 e. The zero-order valence-corrected chi connectivity index (χ0v) is 16.0. The summed E-state index contributed by atoms with van der Waals surface area (Å²) in [6, 6.07) is 0. The van der Waals surface area contributed by atoms with Crippen molar-refractivity contribution in [3.8, 4) is 0 Å². The minimum absolute atomic E-state index is 0.126. The lowest BCUT2D eigenvalue weighted by atomic mass is 9.80. The Bertz CT molecular complexity index is 406. The van der Waals surface area contributed by atoms with E-state index in [1.165, 1.54) is 0 Å². The maximum absolute atomic E-state index is 4.42. The van der Waals surface area contributed by atoms with Crippen molar-refractivity contribution in [1.82, 2.24) is 15.3 Å². The standard InChI is InChI=1S/C18H35N5/c1-10-16(18(3,4)5)12-11-15(2)13-20-14-21-23(9)17(19-6)22(7)8/h10-12,14-17H,1,6,13H2,2-5,7-9H3,(H,20,21)/b12-11-. The molecule has 3 atom stereocenters. The number of hydrogen-bond donors (Lipinski definition) is 1. The average Bonchev–Trinajstić information content (AvgIpc) is 2.43. The van der Waals surface area contributed by atoms with Gasteiger partial charge in [-0.2, -0.15) is 5.01 Å². The number of hydrogen-bond acceptors (Lipinski definition) is 4. The van der Waals surface area contributed by atoms with E-state index >= 15 is 0 Å². The Morgan fingerprint density at radius 1 is 1.17 bits per heavy atom. The first-order valence-corrected chi connectivity index (χ1v) is 8.04. The van der Waals surface area contributed by atoms with E-state index in [2.05, 4.69) is 68.6 Å². The van der Waals surface area contributed by atoms with Crippen LogP contribution in [0.5, 0.6) is 0 Å². The van der Waals surface area contributed by atoms with E-state index in [-0.39, 0.29) is 11.7 Å². The van der Waals surface area contributed by atoms with Crippen molar-refractivity contribution in [3.05, 3.63) is 24.8 Å². The predicted molar refractivity (Wildman–Crippen MR) is 103 cm³/mol. The van der Waals surface area contributed by atoms with Crippen molar-refractivity contribution in [3.63, 3.8) is 0 Å². The monoisotopic (exact) mass is 321 g/mol. The topological polar surface area (TPSA) is 43.2 Å². The van der Waals surface area contributed by atoms with Gasteiger partial charge in [0.25, 0.3) is 0 Å². The molecule has 1 N–H and O–H groups in total. The second-order valence-corrected chi connectivity index (χ2v) is 7.22.